The molecule has 24 heavy (non-hydrogen) atoms. The number of nitrogens with zero attached hydrogens (tertiary/aromatic N) is 3. The molecule has 3 nitrogen and oxygen atoms in total. The first-order valence-corrected chi connectivity index (χ1v) is 9.59. The van der Waals surface area contributed by atoms with Crippen LogP contribution >= 0.6 is 11.6 Å². The molecular formula is C20H26ClN3. The van der Waals surface area contributed by atoms with Crippen molar-refractivity contribution in [1.82, 2.24) is 9.88 Å². The number of hydrogen-bond donors (Lipinski definition) is 0. The summed E-state index contributed by atoms with van der Waals surface area (Å²) in [5.74, 6) is 0.438. The maximum Gasteiger partial charge on any atom is 0.0953 e. The Balaban J connectivity index is 1.70. The average molecular weight is 344 g/mol. The average Bonchev–Trinajstić information content (AvgIpc) is 2.54. The van der Waals surface area contributed by atoms with E-state index < -0.39 is 0 Å². The van der Waals surface area contributed by atoms with E-state index in [1.165, 1.54) is 43.6 Å². The first-order chi connectivity index (χ1) is 11.6. The predicted molar refractivity (Wildman–Crippen MR) is 102 cm³/mol. The third-order valence-corrected chi connectivity index (χ3v) is 6.00. The van der Waals surface area contributed by atoms with Gasteiger partial charge in [-0.3, -0.25) is 9.88 Å². The molecule has 4 rings (SSSR count). The van der Waals surface area contributed by atoms with Crippen molar-refractivity contribution in [2.75, 3.05) is 31.1 Å². The molecular weight excluding hydrogens is 318 g/mol. The number of halogens is 1. The minimum absolute atomic E-state index is 0.438. The van der Waals surface area contributed by atoms with Gasteiger partial charge in [0.25, 0.3) is 0 Å². The molecule has 128 valence electrons. The maximum atomic E-state index is 6.54. The summed E-state index contributed by atoms with van der Waals surface area (Å²) in [6, 6.07) is 7.06. The first kappa shape index (κ1) is 16.2. The number of rotatable bonds is 3. The van der Waals surface area contributed by atoms with Gasteiger partial charge in [-0.2, -0.15) is 0 Å². The lowest BCUT2D eigenvalue weighted by molar-refractivity contribution is 0.120. The van der Waals surface area contributed by atoms with Crippen LogP contribution in [0.15, 0.2) is 24.4 Å². The van der Waals surface area contributed by atoms with Crippen LogP contribution in [0.25, 0.3) is 10.9 Å². The van der Waals surface area contributed by atoms with Crippen LogP contribution in [-0.2, 0) is 0 Å². The zero-order chi connectivity index (χ0) is 16.7. The Morgan fingerprint density at radius 1 is 1.17 bits per heavy atom. The van der Waals surface area contributed by atoms with Crippen LogP contribution in [-0.4, -0.2) is 42.1 Å². The highest BCUT2D eigenvalue weighted by molar-refractivity contribution is 6.36. The second-order valence-electron chi connectivity index (χ2n) is 7.46. The lowest BCUT2D eigenvalue weighted by atomic mass is 9.91. The van der Waals surface area contributed by atoms with E-state index in [-0.39, 0.29) is 0 Å². The monoisotopic (exact) mass is 343 g/mol. The summed E-state index contributed by atoms with van der Waals surface area (Å²) in [5.41, 5.74) is 3.69. The second kappa shape index (κ2) is 6.53. The zero-order valence-corrected chi connectivity index (χ0v) is 15.4. The number of aromatic nitrogens is 1. The molecule has 2 aliphatic rings. The summed E-state index contributed by atoms with van der Waals surface area (Å²) in [6.07, 6.45) is 6.08. The Kier molecular flexibility index (Phi) is 4.40. The molecule has 1 aliphatic heterocycles. The van der Waals surface area contributed by atoms with Gasteiger partial charge < -0.3 is 4.90 Å². The Bertz CT molecular complexity index is 731. The van der Waals surface area contributed by atoms with E-state index in [1.807, 2.05) is 12.3 Å². The third kappa shape index (κ3) is 2.78. The quantitative estimate of drug-likeness (QED) is 0.806. The van der Waals surface area contributed by atoms with E-state index in [4.69, 9.17) is 16.6 Å². The van der Waals surface area contributed by atoms with Crippen molar-refractivity contribution in [2.24, 2.45) is 0 Å². The van der Waals surface area contributed by atoms with Crippen LogP contribution in [0, 0.1) is 0 Å². The number of benzene rings is 1. The number of pyridine rings is 1. The Hall–Kier alpha value is -1.32. The molecule has 2 heterocycles. The maximum absolute atomic E-state index is 6.54. The van der Waals surface area contributed by atoms with Crippen molar-refractivity contribution in [3.8, 4) is 0 Å². The molecule has 0 amide bonds. The molecule has 0 spiro atoms. The molecule has 0 atom stereocenters. The molecule has 1 aliphatic carbocycles. The van der Waals surface area contributed by atoms with Crippen molar-refractivity contribution in [3.05, 3.63) is 35.0 Å². The van der Waals surface area contributed by atoms with Gasteiger partial charge in [0.2, 0.25) is 0 Å². The fourth-order valence-corrected chi connectivity index (χ4v) is 4.31. The van der Waals surface area contributed by atoms with Gasteiger partial charge in [0.1, 0.15) is 0 Å². The van der Waals surface area contributed by atoms with Gasteiger partial charge in [0.15, 0.2) is 0 Å². The Morgan fingerprint density at radius 3 is 2.54 bits per heavy atom. The highest BCUT2D eigenvalue weighted by Crippen LogP contribution is 2.39. The smallest absolute Gasteiger partial charge is 0.0953 e. The predicted octanol–water partition coefficient (Wildman–Crippen LogP) is 4.69. The molecule has 1 aromatic heterocycles. The molecule has 2 aromatic rings. The number of piperazine rings is 1. The van der Waals surface area contributed by atoms with E-state index >= 15 is 0 Å². The summed E-state index contributed by atoms with van der Waals surface area (Å²) < 4.78 is 0. The van der Waals surface area contributed by atoms with Crippen LogP contribution in [0.4, 0.5) is 5.69 Å². The van der Waals surface area contributed by atoms with E-state index in [1.54, 1.807) is 0 Å². The molecule has 1 saturated heterocycles. The van der Waals surface area contributed by atoms with E-state index in [9.17, 15) is 0 Å². The number of fused-ring (bicyclic) bond motifs is 1. The van der Waals surface area contributed by atoms with Crippen LogP contribution in [0.5, 0.6) is 0 Å². The van der Waals surface area contributed by atoms with E-state index in [0.717, 1.165) is 35.1 Å². The van der Waals surface area contributed by atoms with E-state index in [0.29, 0.717) is 5.92 Å². The fourth-order valence-electron chi connectivity index (χ4n) is 4.04. The van der Waals surface area contributed by atoms with Crippen molar-refractivity contribution < 1.29 is 0 Å². The Labute approximate surface area is 149 Å². The van der Waals surface area contributed by atoms with E-state index in [2.05, 4.69) is 35.8 Å². The van der Waals surface area contributed by atoms with Crippen molar-refractivity contribution >= 4 is 28.2 Å². The van der Waals surface area contributed by atoms with Gasteiger partial charge in [-0.15, -0.1) is 0 Å². The van der Waals surface area contributed by atoms with Gasteiger partial charge in [0, 0.05) is 43.8 Å². The molecule has 0 unspecified atom stereocenters. The summed E-state index contributed by atoms with van der Waals surface area (Å²) in [6.45, 7) is 8.99. The lowest BCUT2D eigenvalue weighted by Crippen LogP contribution is -2.52. The van der Waals surface area contributed by atoms with Crippen LogP contribution in [0.3, 0.4) is 0 Å². The SMILES string of the molecule is CC(C)c1cc(Cl)c2cccnc2c1N1CCN(C2CCC2)CC1. The van der Waals surface area contributed by atoms with Gasteiger partial charge in [0.05, 0.1) is 16.2 Å². The van der Waals surface area contributed by atoms with Crippen LogP contribution in [0.2, 0.25) is 5.02 Å². The van der Waals surface area contributed by atoms with Crippen molar-refractivity contribution in [3.63, 3.8) is 0 Å². The summed E-state index contributed by atoms with van der Waals surface area (Å²) in [4.78, 5) is 9.92. The third-order valence-electron chi connectivity index (χ3n) is 5.69. The van der Waals surface area contributed by atoms with Gasteiger partial charge in [-0.1, -0.05) is 31.9 Å². The molecule has 4 heteroatoms. The summed E-state index contributed by atoms with van der Waals surface area (Å²) in [7, 11) is 0. The summed E-state index contributed by atoms with van der Waals surface area (Å²) >= 11 is 6.54. The van der Waals surface area contributed by atoms with Gasteiger partial charge >= 0.3 is 0 Å². The lowest BCUT2D eigenvalue weighted by Gasteiger charge is -2.44. The molecule has 0 radical (unpaired) electrons. The highest BCUT2D eigenvalue weighted by Gasteiger charge is 2.29. The highest BCUT2D eigenvalue weighted by atomic mass is 35.5. The molecule has 0 bridgehead atoms. The Morgan fingerprint density at radius 2 is 1.92 bits per heavy atom. The standard InChI is InChI=1S/C20H26ClN3/c1-14(2)17-13-18(21)16-7-4-8-22-19(16)20(17)24-11-9-23(10-12-24)15-5-3-6-15/h4,7-8,13-15H,3,5-6,9-12H2,1-2H3. The van der Waals surface area contributed by atoms with Crippen LogP contribution < -0.4 is 4.90 Å². The number of anilines is 1. The topological polar surface area (TPSA) is 19.4 Å². The minimum atomic E-state index is 0.438. The molecule has 1 aromatic carbocycles. The van der Waals surface area contributed by atoms with Crippen LogP contribution in [0.1, 0.15) is 44.6 Å². The van der Waals surface area contributed by atoms with Crippen molar-refractivity contribution in [2.45, 2.75) is 45.1 Å². The second-order valence-corrected chi connectivity index (χ2v) is 7.87. The zero-order valence-electron chi connectivity index (χ0n) is 14.6. The normalized spacial score (nSPS) is 19.9. The summed E-state index contributed by atoms with van der Waals surface area (Å²) in [5, 5.41) is 1.89. The van der Waals surface area contributed by atoms with Gasteiger partial charge in [-0.25, -0.2) is 0 Å². The first-order valence-electron chi connectivity index (χ1n) is 9.21. The van der Waals surface area contributed by atoms with Gasteiger partial charge in [-0.05, 0) is 42.5 Å². The number of hydrogen-bond acceptors (Lipinski definition) is 3. The molecule has 2 fully saturated rings. The molecule has 0 N–H and O–H groups in total. The largest absolute Gasteiger partial charge is 0.367 e. The molecule has 1 saturated carbocycles. The minimum Gasteiger partial charge on any atom is -0.367 e. The van der Waals surface area contributed by atoms with Crippen molar-refractivity contribution in [1.29, 1.82) is 0 Å². The fraction of sp³-hybridized carbons (Fsp3) is 0.550.